The highest BCUT2D eigenvalue weighted by atomic mass is 15.0. The Kier molecular flexibility index (Phi) is 7.40. The molecule has 3 aromatic heterocycles. The minimum atomic E-state index is -0.236. The van der Waals surface area contributed by atoms with Crippen LogP contribution in [0.1, 0.15) is 42.7 Å². The molecule has 7 aromatic carbocycles. The number of fused-ring (bicyclic) bond motifs is 12. The van der Waals surface area contributed by atoms with Gasteiger partial charge >= 0.3 is 0 Å². The van der Waals surface area contributed by atoms with E-state index in [2.05, 4.69) is 211 Å². The van der Waals surface area contributed by atoms with Gasteiger partial charge in [0.15, 0.2) is 0 Å². The van der Waals surface area contributed by atoms with Gasteiger partial charge in [-0.05, 0) is 88.7 Å². The molecule has 0 aliphatic heterocycles. The van der Waals surface area contributed by atoms with Crippen LogP contribution in [0.2, 0.25) is 0 Å². The summed E-state index contributed by atoms with van der Waals surface area (Å²) in [7, 11) is 0. The zero-order valence-corrected chi connectivity index (χ0v) is 33.2. The first kappa shape index (κ1) is 33.9. The summed E-state index contributed by atoms with van der Waals surface area (Å²) in [6.07, 6.45) is 6.82. The number of hydrogen-bond donors (Lipinski definition) is 0. The molecule has 0 spiro atoms. The van der Waals surface area contributed by atoms with E-state index in [4.69, 9.17) is 4.98 Å². The minimum absolute atomic E-state index is 0.236. The van der Waals surface area contributed by atoms with Crippen LogP contribution in [0.3, 0.4) is 0 Å². The standard InChI is InChI=1S/C56H41N3/c1-56(2)45-27-15-12-24-42(45)50-51-43-25-13-16-28-48(43)58(40-22-10-5-11-23-40)54(51)52-44-26-14-17-29-49(44)59(55(52)53(50)56)41-32-30-38(31-33-41)47-35-39(36-18-6-3-7-19-36)34-46(57-47)37-20-8-4-9-21-37/h3-15,17-27,29-35H,16,28H2,1-2H3. The number of pyridine rings is 1. The molecule has 280 valence electrons. The van der Waals surface area contributed by atoms with E-state index in [1.165, 1.54) is 77.5 Å². The summed E-state index contributed by atoms with van der Waals surface area (Å²) in [5, 5.41) is 3.96. The Bertz CT molecular complexity index is 3250. The van der Waals surface area contributed by atoms with Crippen molar-refractivity contribution >= 4 is 38.8 Å². The van der Waals surface area contributed by atoms with Gasteiger partial charge in [0, 0.05) is 55.3 Å². The molecule has 0 bridgehead atoms. The number of allylic oxidation sites excluding steroid dienone is 1. The van der Waals surface area contributed by atoms with Crippen molar-refractivity contribution in [3.05, 3.63) is 204 Å². The summed E-state index contributed by atoms with van der Waals surface area (Å²) >= 11 is 0. The summed E-state index contributed by atoms with van der Waals surface area (Å²) in [6, 6.07) is 63.9. The summed E-state index contributed by atoms with van der Waals surface area (Å²) in [4.78, 5) is 5.27. The maximum atomic E-state index is 5.27. The first-order chi connectivity index (χ1) is 29.1. The molecule has 0 fully saturated rings. The average Bonchev–Trinajstić information content (AvgIpc) is 3.90. The molecule has 12 rings (SSSR count). The third-order valence-electron chi connectivity index (χ3n) is 12.9. The highest BCUT2D eigenvalue weighted by Crippen LogP contribution is 2.58. The van der Waals surface area contributed by atoms with Crippen molar-refractivity contribution in [3.8, 4) is 56.1 Å². The Morgan fingerprint density at radius 1 is 0.525 bits per heavy atom. The lowest BCUT2D eigenvalue weighted by Crippen LogP contribution is -2.16. The molecule has 59 heavy (non-hydrogen) atoms. The molecular formula is C56H41N3. The van der Waals surface area contributed by atoms with Gasteiger partial charge in [-0.25, -0.2) is 4.98 Å². The fourth-order valence-corrected chi connectivity index (χ4v) is 10.3. The number of aromatic nitrogens is 3. The van der Waals surface area contributed by atoms with E-state index in [0.29, 0.717) is 0 Å². The van der Waals surface area contributed by atoms with Gasteiger partial charge in [0.25, 0.3) is 0 Å². The van der Waals surface area contributed by atoms with Crippen molar-refractivity contribution < 1.29 is 0 Å². The maximum absolute atomic E-state index is 5.27. The van der Waals surface area contributed by atoms with Gasteiger partial charge in [0.1, 0.15) is 0 Å². The van der Waals surface area contributed by atoms with E-state index in [1.807, 2.05) is 0 Å². The third kappa shape index (κ3) is 4.98. The Morgan fingerprint density at radius 2 is 1.14 bits per heavy atom. The van der Waals surface area contributed by atoms with Crippen LogP contribution >= 0.6 is 0 Å². The SMILES string of the molecule is CC1(C)c2ccccc2-c2c1c1c(c3ccccc3n1-c1ccc(-c3cc(-c4ccccc4)cc(-c4ccccc4)n3)cc1)c1c2c2c(n1-c1ccccc1)CCC=C2. The second-order valence-electron chi connectivity index (χ2n) is 16.6. The molecule has 0 saturated carbocycles. The molecule has 3 heterocycles. The highest BCUT2D eigenvalue weighted by Gasteiger charge is 2.42. The predicted octanol–water partition coefficient (Wildman–Crippen LogP) is 14.4. The molecular weight excluding hydrogens is 715 g/mol. The van der Waals surface area contributed by atoms with Crippen LogP contribution in [0.25, 0.3) is 94.9 Å². The molecule has 0 N–H and O–H groups in total. The van der Waals surface area contributed by atoms with Crippen LogP contribution in [0.4, 0.5) is 0 Å². The van der Waals surface area contributed by atoms with Gasteiger partial charge in [-0.2, -0.15) is 0 Å². The van der Waals surface area contributed by atoms with Crippen molar-refractivity contribution in [2.75, 3.05) is 0 Å². The first-order valence-electron chi connectivity index (χ1n) is 20.8. The van der Waals surface area contributed by atoms with Crippen LogP contribution in [0.5, 0.6) is 0 Å². The fourth-order valence-electron chi connectivity index (χ4n) is 10.3. The van der Waals surface area contributed by atoms with Gasteiger partial charge in [-0.1, -0.05) is 159 Å². The van der Waals surface area contributed by atoms with E-state index in [-0.39, 0.29) is 5.41 Å². The number of rotatable bonds is 5. The second kappa shape index (κ2) is 12.9. The molecule has 2 aliphatic rings. The minimum Gasteiger partial charge on any atom is -0.312 e. The maximum Gasteiger partial charge on any atom is 0.0715 e. The second-order valence-corrected chi connectivity index (χ2v) is 16.6. The number of benzene rings is 7. The molecule has 10 aromatic rings. The van der Waals surface area contributed by atoms with E-state index in [9.17, 15) is 0 Å². The summed E-state index contributed by atoms with van der Waals surface area (Å²) in [5.74, 6) is 0. The molecule has 0 saturated heterocycles. The van der Waals surface area contributed by atoms with Gasteiger partial charge in [-0.3, -0.25) is 0 Å². The molecule has 3 heteroatoms. The first-order valence-corrected chi connectivity index (χ1v) is 20.8. The topological polar surface area (TPSA) is 22.8 Å². The smallest absolute Gasteiger partial charge is 0.0715 e. The Morgan fingerprint density at radius 3 is 1.88 bits per heavy atom. The molecule has 0 radical (unpaired) electrons. The van der Waals surface area contributed by atoms with Crippen LogP contribution in [0, 0.1) is 0 Å². The van der Waals surface area contributed by atoms with Crippen molar-refractivity contribution in [1.29, 1.82) is 0 Å². The Balaban J connectivity index is 1.16. The van der Waals surface area contributed by atoms with Crippen molar-refractivity contribution in [3.63, 3.8) is 0 Å². The van der Waals surface area contributed by atoms with Crippen LogP contribution in [0.15, 0.2) is 182 Å². The molecule has 3 nitrogen and oxygen atoms in total. The normalized spacial score (nSPS) is 13.9. The lowest BCUT2D eigenvalue weighted by atomic mass is 9.81. The number of nitrogens with zero attached hydrogens (tertiary/aromatic N) is 3. The highest BCUT2D eigenvalue weighted by molar-refractivity contribution is 6.28. The van der Waals surface area contributed by atoms with Gasteiger partial charge in [0.2, 0.25) is 0 Å². The molecule has 0 atom stereocenters. The molecule has 2 aliphatic carbocycles. The van der Waals surface area contributed by atoms with Crippen molar-refractivity contribution in [2.45, 2.75) is 32.1 Å². The summed E-state index contributed by atoms with van der Waals surface area (Å²) in [5.41, 5.74) is 20.6. The van der Waals surface area contributed by atoms with Crippen LogP contribution in [-0.4, -0.2) is 14.1 Å². The Hall–Kier alpha value is -7.23. The van der Waals surface area contributed by atoms with Crippen molar-refractivity contribution in [2.24, 2.45) is 0 Å². The predicted molar refractivity (Wildman–Crippen MR) is 247 cm³/mol. The Labute approximate surface area is 344 Å². The van der Waals surface area contributed by atoms with Crippen LogP contribution < -0.4 is 0 Å². The lowest BCUT2D eigenvalue weighted by molar-refractivity contribution is 0.664. The van der Waals surface area contributed by atoms with Gasteiger partial charge < -0.3 is 9.13 Å². The van der Waals surface area contributed by atoms with E-state index in [0.717, 1.165) is 46.6 Å². The zero-order valence-electron chi connectivity index (χ0n) is 33.2. The molecule has 0 unspecified atom stereocenters. The third-order valence-corrected chi connectivity index (χ3v) is 12.9. The summed E-state index contributed by atoms with van der Waals surface area (Å²) in [6.45, 7) is 4.86. The van der Waals surface area contributed by atoms with E-state index in [1.54, 1.807) is 0 Å². The lowest BCUT2D eigenvalue weighted by Gasteiger charge is -2.24. The van der Waals surface area contributed by atoms with Gasteiger partial charge in [0.05, 0.1) is 27.9 Å². The molecule has 0 amide bonds. The average molecular weight is 756 g/mol. The largest absolute Gasteiger partial charge is 0.312 e. The monoisotopic (exact) mass is 755 g/mol. The quantitative estimate of drug-likeness (QED) is 0.172. The zero-order chi connectivity index (χ0) is 39.2. The number of para-hydroxylation sites is 2. The van der Waals surface area contributed by atoms with Crippen LogP contribution in [-0.2, 0) is 11.8 Å². The van der Waals surface area contributed by atoms with Gasteiger partial charge in [-0.15, -0.1) is 0 Å². The fraction of sp³-hybridized carbons (Fsp3) is 0.0893. The van der Waals surface area contributed by atoms with E-state index < -0.39 is 0 Å². The van der Waals surface area contributed by atoms with Crippen molar-refractivity contribution in [1.82, 2.24) is 14.1 Å². The van der Waals surface area contributed by atoms with E-state index >= 15 is 0 Å². The number of hydrogen-bond acceptors (Lipinski definition) is 1. The summed E-state index contributed by atoms with van der Waals surface area (Å²) < 4.78 is 5.15.